The number of benzene rings is 2. The molecule has 0 spiro atoms. The molecule has 1 fully saturated rings. The van der Waals surface area contributed by atoms with Gasteiger partial charge in [-0.05, 0) is 56.6 Å². The standard InChI is InChI=1S/C24H26FN3O4/c1-28-8-7-14(11-19(28)24-26-17-5-3-15(30-2)13-18(17)27-24)12-20(29)16-4-6-21-23(22(16)25)32-10-9-31-21/h3-6,13-14,19H,7-12H2,1-2H3,(H,26,27)/t14-,19-/m1/s1. The summed E-state index contributed by atoms with van der Waals surface area (Å²) in [7, 11) is 3.70. The van der Waals surface area contributed by atoms with E-state index in [1.807, 2.05) is 18.2 Å². The van der Waals surface area contributed by atoms with E-state index in [1.165, 1.54) is 6.07 Å². The lowest BCUT2D eigenvalue weighted by atomic mass is 9.85. The van der Waals surface area contributed by atoms with Gasteiger partial charge in [-0.3, -0.25) is 9.69 Å². The lowest BCUT2D eigenvalue weighted by molar-refractivity contribution is 0.0879. The molecule has 0 unspecified atom stereocenters. The van der Waals surface area contributed by atoms with E-state index in [9.17, 15) is 9.18 Å². The van der Waals surface area contributed by atoms with Gasteiger partial charge < -0.3 is 19.2 Å². The topological polar surface area (TPSA) is 76.7 Å². The summed E-state index contributed by atoms with van der Waals surface area (Å²) < 4.78 is 31.0. The molecule has 8 heteroatoms. The number of carbonyl (C=O) groups is 1. The second-order valence-electron chi connectivity index (χ2n) is 8.47. The molecule has 0 radical (unpaired) electrons. The largest absolute Gasteiger partial charge is 0.497 e. The number of piperidine rings is 1. The molecule has 0 aliphatic carbocycles. The normalized spacial score (nSPS) is 21.0. The zero-order valence-corrected chi connectivity index (χ0v) is 18.2. The first-order valence-corrected chi connectivity index (χ1v) is 10.9. The Balaban J connectivity index is 1.33. The summed E-state index contributed by atoms with van der Waals surface area (Å²) in [4.78, 5) is 23.4. The average molecular weight is 439 g/mol. The molecule has 2 aliphatic heterocycles. The van der Waals surface area contributed by atoms with Crippen molar-refractivity contribution in [2.24, 2.45) is 5.92 Å². The van der Waals surface area contributed by atoms with E-state index in [0.717, 1.165) is 42.0 Å². The van der Waals surface area contributed by atoms with Gasteiger partial charge in [0.15, 0.2) is 23.1 Å². The second kappa shape index (κ2) is 8.43. The first kappa shape index (κ1) is 20.8. The number of aromatic nitrogens is 2. The summed E-state index contributed by atoms with van der Waals surface area (Å²) in [6, 6.07) is 8.93. The number of H-pyrrole nitrogens is 1. The average Bonchev–Trinajstić information content (AvgIpc) is 3.23. The molecule has 2 aromatic carbocycles. The molecule has 1 aromatic heterocycles. The molecule has 1 N–H and O–H groups in total. The third-order valence-electron chi connectivity index (χ3n) is 6.42. The fraction of sp³-hybridized carbons (Fsp3) is 0.417. The van der Waals surface area contributed by atoms with Gasteiger partial charge in [-0.25, -0.2) is 9.37 Å². The fourth-order valence-electron chi connectivity index (χ4n) is 4.62. The molecule has 5 rings (SSSR count). The molecule has 0 saturated carbocycles. The number of methoxy groups -OCH3 is 1. The Hall–Kier alpha value is -3.13. The van der Waals surface area contributed by atoms with Crippen LogP contribution in [0.5, 0.6) is 17.2 Å². The number of hydrogen-bond acceptors (Lipinski definition) is 6. The summed E-state index contributed by atoms with van der Waals surface area (Å²) in [5.41, 5.74) is 1.87. The molecule has 7 nitrogen and oxygen atoms in total. The third kappa shape index (κ3) is 3.79. The van der Waals surface area contributed by atoms with Gasteiger partial charge in [-0.15, -0.1) is 0 Å². The van der Waals surface area contributed by atoms with Crippen molar-refractivity contribution in [2.45, 2.75) is 25.3 Å². The smallest absolute Gasteiger partial charge is 0.197 e. The molecule has 168 valence electrons. The number of likely N-dealkylation sites (tertiary alicyclic amines) is 1. The van der Waals surface area contributed by atoms with Crippen molar-refractivity contribution in [3.05, 3.63) is 47.5 Å². The maximum Gasteiger partial charge on any atom is 0.197 e. The predicted octanol–water partition coefficient (Wildman–Crippen LogP) is 4.14. The van der Waals surface area contributed by atoms with E-state index >= 15 is 0 Å². The summed E-state index contributed by atoms with van der Waals surface area (Å²) >= 11 is 0. The molecule has 1 saturated heterocycles. The van der Waals surface area contributed by atoms with Crippen molar-refractivity contribution < 1.29 is 23.4 Å². The monoisotopic (exact) mass is 439 g/mol. The minimum Gasteiger partial charge on any atom is -0.497 e. The number of hydrogen-bond donors (Lipinski definition) is 1. The van der Waals surface area contributed by atoms with Gasteiger partial charge in [0.1, 0.15) is 24.8 Å². The van der Waals surface area contributed by atoms with Crippen LogP contribution in [0.4, 0.5) is 4.39 Å². The number of imidazole rings is 1. The molecule has 2 atom stereocenters. The minimum absolute atomic E-state index is 0.0426. The Morgan fingerprint density at radius 3 is 2.97 bits per heavy atom. The van der Waals surface area contributed by atoms with E-state index in [1.54, 1.807) is 13.2 Å². The highest BCUT2D eigenvalue weighted by Crippen LogP contribution is 2.38. The van der Waals surface area contributed by atoms with Crippen LogP contribution in [-0.4, -0.2) is 54.6 Å². The maximum atomic E-state index is 14.9. The lowest BCUT2D eigenvalue weighted by Crippen LogP contribution is -2.35. The van der Waals surface area contributed by atoms with Crippen LogP contribution >= 0.6 is 0 Å². The van der Waals surface area contributed by atoms with E-state index in [2.05, 4.69) is 16.9 Å². The van der Waals surface area contributed by atoms with Gasteiger partial charge in [0, 0.05) is 12.5 Å². The van der Waals surface area contributed by atoms with Gasteiger partial charge in [-0.2, -0.15) is 0 Å². The SMILES string of the molecule is COc1ccc2nc([C@H]3C[C@H](CC(=O)c4ccc5c(c4F)OCCO5)CCN3C)[nH]c2c1. The highest BCUT2D eigenvalue weighted by molar-refractivity contribution is 5.97. The molecule has 0 bridgehead atoms. The summed E-state index contributed by atoms with van der Waals surface area (Å²) in [5, 5.41) is 0. The van der Waals surface area contributed by atoms with Crippen molar-refractivity contribution in [3.63, 3.8) is 0 Å². The van der Waals surface area contributed by atoms with Crippen LogP contribution in [0.1, 0.15) is 41.5 Å². The van der Waals surface area contributed by atoms with Crippen LogP contribution in [0.25, 0.3) is 11.0 Å². The van der Waals surface area contributed by atoms with Crippen molar-refractivity contribution in [1.29, 1.82) is 0 Å². The number of carbonyl (C=O) groups excluding carboxylic acids is 1. The molecule has 32 heavy (non-hydrogen) atoms. The van der Waals surface area contributed by atoms with Crippen LogP contribution < -0.4 is 14.2 Å². The molecular weight excluding hydrogens is 413 g/mol. The van der Waals surface area contributed by atoms with Gasteiger partial charge in [0.2, 0.25) is 0 Å². The molecule has 2 aliphatic rings. The van der Waals surface area contributed by atoms with Crippen LogP contribution in [0.2, 0.25) is 0 Å². The number of ketones is 1. The lowest BCUT2D eigenvalue weighted by Gasteiger charge is -2.35. The first-order valence-electron chi connectivity index (χ1n) is 10.9. The Bertz CT molecular complexity index is 1160. The molecular formula is C24H26FN3O4. The van der Waals surface area contributed by atoms with Gasteiger partial charge in [0.05, 0.1) is 29.7 Å². The molecule has 3 aromatic rings. The van der Waals surface area contributed by atoms with Gasteiger partial charge in [0.25, 0.3) is 0 Å². The van der Waals surface area contributed by atoms with Crippen molar-refractivity contribution >= 4 is 16.8 Å². The van der Waals surface area contributed by atoms with E-state index < -0.39 is 5.82 Å². The van der Waals surface area contributed by atoms with Crippen LogP contribution in [0.3, 0.4) is 0 Å². The number of nitrogens with one attached hydrogen (secondary N) is 1. The van der Waals surface area contributed by atoms with E-state index in [-0.39, 0.29) is 42.1 Å². The summed E-state index contributed by atoms with van der Waals surface area (Å²) in [6.45, 7) is 1.50. The molecule has 3 heterocycles. The van der Waals surface area contributed by atoms with Crippen molar-refractivity contribution in [3.8, 4) is 17.2 Å². The zero-order valence-electron chi connectivity index (χ0n) is 18.2. The van der Waals surface area contributed by atoms with Crippen LogP contribution in [0, 0.1) is 11.7 Å². The Morgan fingerprint density at radius 1 is 1.28 bits per heavy atom. The molecule has 0 amide bonds. The Labute approximate surface area is 185 Å². The number of ether oxygens (including phenoxy) is 3. The quantitative estimate of drug-likeness (QED) is 0.603. The van der Waals surface area contributed by atoms with Crippen LogP contribution in [0.15, 0.2) is 30.3 Å². The zero-order chi connectivity index (χ0) is 22.2. The fourth-order valence-corrected chi connectivity index (χ4v) is 4.62. The Morgan fingerprint density at radius 2 is 2.12 bits per heavy atom. The first-order chi connectivity index (χ1) is 15.5. The summed E-state index contributed by atoms with van der Waals surface area (Å²) in [6.07, 6.45) is 1.93. The van der Waals surface area contributed by atoms with E-state index in [0.29, 0.717) is 12.4 Å². The summed E-state index contributed by atoms with van der Waals surface area (Å²) in [5.74, 6) is 1.35. The predicted molar refractivity (Wildman–Crippen MR) is 117 cm³/mol. The van der Waals surface area contributed by atoms with E-state index in [4.69, 9.17) is 19.2 Å². The number of Topliss-reactive ketones (excluding diaryl/α,β-unsaturated/α-hetero) is 1. The minimum atomic E-state index is -0.622. The van der Waals surface area contributed by atoms with Crippen molar-refractivity contribution in [1.82, 2.24) is 14.9 Å². The highest BCUT2D eigenvalue weighted by atomic mass is 19.1. The van der Waals surface area contributed by atoms with Crippen molar-refractivity contribution in [2.75, 3.05) is 33.9 Å². The van der Waals surface area contributed by atoms with Gasteiger partial charge >= 0.3 is 0 Å². The maximum absolute atomic E-state index is 14.9. The number of halogens is 1. The van der Waals surface area contributed by atoms with Crippen LogP contribution in [-0.2, 0) is 0 Å². The van der Waals surface area contributed by atoms with Gasteiger partial charge in [-0.1, -0.05) is 0 Å². The number of aromatic amines is 1. The highest BCUT2D eigenvalue weighted by Gasteiger charge is 2.32. The number of fused-ring (bicyclic) bond motifs is 2. The second-order valence-corrected chi connectivity index (χ2v) is 8.47. The number of nitrogens with zero attached hydrogens (tertiary/aromatic N) is 2. The third-order valence-corrected chi connectivity index (χ3v) is 6.42. The Kier molecular flexibility index (Phi) is 5.46. The number of rotatable bonds is 5.